The van der Waals surface area contributed by atoms with Crippen LogP contribution in [0, 0.1) is 0 Å². The SMILES string of the molecule is FC(F)(F)c1nnc2n1CCN(c1nc3ccccc3[nH]1)C2. The summed E-state index contributed by atoms with van der Waals surface area (Å²) < 4.78 is 39.6. The van der Waals surface area contributed by atoms with E-state index < -0.39 is 12.0 Å². The molecule has 114 valence electrons. The van der Waals surface area contributed by atoms with Gasteiger partial charge in [-0.15, -0.1) is 10.2 Å². The third-order valence-corrected chi connectivity index (χ3v) is 3.68. The van der Waals surface area contributed by atoms with Gasteiger partial charge in [0, 0.05) is 13.1 Å². The second-order valence-corrected chi connectivity index (χ2v) is 5.09. The lowest BCUT2D eigenvalue weighted by molar-refractivity contribution is -0.147. The van der Waals surface area contributed by atoms with E-state index in [0.717, 1.165) is 15.6 Å². The second kappa shape index (κ2) is 4.46. The van der Waals surface area contributed by atoms with Crippen LogP contribution in [0.2, 0.25) is 0 Å². The molecule has 0 bridgehead atoms. The first-order chi connectivity index (χ1) is 10.5. The van der Waals surface area contributed by atoms with E-state index in [1.165, 1.54) is 0 Å². The van der Waals surface area contributed by atoms with Crippen LogP contribution in [0.1, 0.15) is 11.6 Å². The molecule has 0 radical (unpaired) electrons. The molecule has 4 rings (SSSR count). The van der Waals surface area contributed by atoms with Crippen molar-refractivity contribution in [1.29, 1.82) is 0 Å². The van der Waals surface area contributed by atoms with Crippen LogP contribution in [0.4, 0.5) is 19.1 Å². The number of para-hydroxylation sites is 2. The fourth-order valence-corrected chi connectivity index (χ4v) is 2.64. The number of H-pyrrole nitrogens is 1. The van der Waals surface area contributed by atoms with Crippen LogP contribution in [-0.2, 0) is 19.3 Å². The minimum atomic E-state index is -4.48. The molecule has 1 aromatic carbocycles. The van der Waals surface area contributed by atoms with Gasteiger partial charge in [0.1, 0.15) is 0 Å². The van der Waals surface area contributed by atoms with Crippen LogP contribution >= 0.6 is 0 Å². The Hall–Kier alpha value is -2.58. The predicted octanol–water partition coefficient (Wildman–Crippen LogP) is 2.19. The highest BCUT2D eigenvalue weighted by molar-refractivity contribution is 5.77. The first-order valence-corrected chi connectivity index (χ1v) is 6.71. The molecule has 1 N–H and O–H groups in total. The average molecular weight is 308 g/mol. The maximum atomic E-state index is 12.8. The molecular formula is C13H11F3N6. The maximum absolute atomic E-state index is 12.8. The van der Waals surface area contributed by atoms with Gasteiger partial charge in [-0.25, -0.2) is 4.98 Å². The fraction of sp³-hybridized carbons (Fsp3) is 0.308. The summed E-state index contributed by atoms with van der Waals surface area (Å²) in [6.07, 6.45) is -4.48. The summed E-state index contributed by atoms with van der Waals surface area (Å²) in [4.78, 5) is 9.49. The van der Waals surface area contributed by atoms with E-state index in [0.29, 0.717) is 18.3 Å². The van der Waals surface area contributed by atoms with Gasteiger partial charge in [0.25, 0.3) is 0 Å². The zero-order valence-corrected chi connectivity index (χ0v) is 11.3. The van der Waals surface area contributed by atoms with Crippen molar-refractivity contribution in [3.63, 3.8) is 0 Å². The summed E-state index contributed by atoms with van der Waals surface area (Å²) in [6, 6.07) is 7.56. The Balaban J connectivity index is 1.66. The molecule has 0 fully saturated rings. The number of rotatable bonds is 1. The van der Waals surface area contributed by atoms with Crippen molar-refractivity contribution in [3.8, 4) is 0 Å². The molecule has 0 saturated carbocycles. The van der Waals surface area contributed by atoms with E-state index in [1.807, 2.05) is 29.2 Å². The number of fused-ring (bicyclic) bond motifs is 2. The van der Waals surface area contributed by atoms with Gasteiger partial charge in [-0.1, -0.05) is 12.1 Å². The molecule has 0 aliphatic carbocycles. The zero-order valence-electron chi connectivity index (χ0n) is 11.3. The summed E-state index contributed by atoms with van der Waals surface area (Å²) in [5.74, 6) is -0.0187. The highest BCUT2D eigenvalue weighted by atomic mass is 19.4. The molecule has 22 heavy (non-hydrogen) atoms. The molecular weight excluding hydrogens is 297 g/mol. The van der Waals surface area contributed by atoms with Gasteiger partial charge in [0.15, 0.2) is 5.82 Å². The molecule has 1 aliphatic rings. The number of aromatic nitrogens is 5. The summed E-state index contributed by atoms with van der Waals surface area (Å²) in [6.45, 7) is 0.824. The minimum Gasteiger partial charge on any atom is -0.333 e. The largest absolute Gasteiger partial charge is 0.451 e. The quantitative estimate of drug-likeness (QED) is 0.748. The lowest BCUT2D eigenvalue weighted by Gasteiger charge is -2.27. The van der Waals surface area contributed by atoms with Crippen molar-refractivity contribution in [3.05, 3.63) is 35.9 Å². The molecule has 0 amide bonds. The van der Waals surface area contributed by atoms with Gasteiger partial charge in [-0.3, -0.25) is 0 Å². The lowest BCUT2D eigenvalue weighted by Crippen LogP contribution is -2.35. The third-order valence-electron chi connectivity index (χ3n) is 3.68. The lowest BCUT2D eigenvalue weighted by atomic mass is 10.3. The highest BCUT2D eigenvalue weighted by Crippen LogP contribution is 2.30. The Kier molecular flexibility index (Phi) is 2.65. The topological polar surface area (TPSA) is 62.6 Å². The number of anilines is 1. The number of nitrogens with zero attached hydrogens (tertiary/aromatic N) is 5. The number of aromatic amines is 1. The fourth-order valence-electron chi connectivity index (χ4n) is 2.64. The normalized spacial score (nSPS) is 15.3. The monoisotopic (exact) mass is 308 g/mol. The highest BCUT2D eigenvalue weighted by Gasteiger charge is 2.39. The summed E-state index contributed by atoms with van der Waals surface area (Å²) >= 11 is 0. The predicted molar refractivity (Wildman–Crippen MR) is 72.2 cm³/mol. The van der Waals surface area contributed by atoms with E-state index in [-0.39, 0.29) is 13.1 Å². The van der Waals surface area contributed by atoms with Crippen molar-refractivity contribution < 1.29 is 13.2 Å². The number of imidazole rings is 1. The van der Waals surface area contributed by atoms with Crippen LogP contribution in [0.25, 0.3) is 11.0 Å². The van der Waals surface area contributed by atoms with Crippen LogP contribution in [0.15, 0.2) is 24.3 Å². The Labute approximate surface area is 122 Å². The molecule has 0 spiro atoms. The molecule has 0 atom stereocenters. The summed E-state index contributed by atoms with van der Waals surface area (Å²) in [5.41, 5.74) is 1.71. The van der Waals surface area contributed by atoms with E-state index in [2.05, 4.69) is 20.2 Å². The summed E-state index contributed by atoms with van der Waals surface area (Å²) in [5, 5.41) is 6.93. The van der Waals surface area contributed by atoms with Crippen LogP contribution < -0.4 is 4.90 Å². The van der Waals surface area contributed by atoms with E-state index in [4.69, 9.17) is 0 Å². The summed E-state index contributed by atoms with van der Waals surface area (Å²) in [7, 11) is 0. The molecule has 3 aromatic rings. The molecule has 3 heterocycles. The number of hydrogen-bond donors (Lipinski definition) is 1. The van der Waals surface area contributed by atoms with Crippen LogP contribution in [-0.4, -0.2) is 31.3 Å². The van der Waals surface area contributed by atoms with Crippen molar-refractivity contribution in [2.45, 2.75) is 19.3 Å². The molecule has 2 aromatic heterocycles. The zero-order chi connectivity index (χ0) is 15.3. The number of benzene rings is 1. The van der Waals surface area contributed by atoms with Gasteiger partial charge in [-0.05, 0) is 12.1 Å². The first kappa shape index (κ1) is 13.1. The van der Waals surface area contributed by atoms with Gasteiger partial charge < -0.3 is 14.5 Å². The maximum Gasteiger partial charge on any atom is 0.451 e. The van der Waals surface area contributed by atoms with E-state index in [1.54, 1.807) is 0 Å². The van der Waals surface area contributed by atoms with Crippen LogP contribution in [0.5, 0.6) is 0 Å². The molecule has 9 heteroatoms. The Morgan fingerprint density at radius 1 is 1.09 bits per heavy atom. The van der Waals surface area contributed by atoms with Crippen molar-refractivity contribution in [1.82, 2.24) is 24.7 Å². The third kappa shape index (κ3) is 2.00. The molecule has 1 aliphatic heterocycles. The first-order valence-electron chi connectivity index (χ1n) is 6.71. The molecule has 0 saturated heterocycles. The van der Waals surface area contributed by atoms with Crippen molar-refractivity contribution >= 4 is 17.0 Å². The van der Waals surface area contributed by atoms with Gasteiger partial charge in [0.2, 0.25) is 11.8 Å². The standard InChI is InChI=1S/C13H11F3N6/c14-13(15,16)11-20-19-10-7-21(5-6-22(10)11)12-17-8-3-1-2-4-9(8)18-12/h1-4H,5-7H2,(H,17,18). The Morgan fingerprint density at radius 3 is 2.68 bits per heavy atom. The van der Waals surface area contributed by atoms with E-state index >= 15 is 0 Å². The van der Waals surface area contributed by atoms with Crippen LogP contribution in [0.3, 0.4) is 0 Å². The Morgan fingerprint density at radius 2 is 1.91 bits per heavy atom. The number of hydrogen-bond acceptors (Lipinski definition) is 4. The van der Waals surface area contributed by atoms with E-state index in [9.17, 15) is 13.2 Å². The second-order valence-electron chi connectivity index (χ2n) is 5.09. The van der Waals surface area contributed by atoms with Gasteiger partial charge >= 0.3 is 6.18 Å². The average Bonchev–Trinajstić information content (AvgIpc) is 3.09. The van der Waals surface area contributed by atoms with Gasteiger partial charge in [-0.2, -0.15) is 13.2 Å². The van der Waals surface area contributed by atoms with Crippen molar-refractivity contribution in [2.24, 2.45) is 0 Å². The number of alkyl halides is 3. The number of nitrogens with one attached hydrogen (secondary N) is 1. The minimum absolute atomic E-state index is 0.175. The molecule has 6 nitrogen and oxygen atoms in total. The molecule has 0 unspecified atom stereocenters. The number of halogens is 3. The van der Waals surface area contributed by atoms with Crippen molar-refractivity contribution in [2.75, 3.05) is 11.4 Å². The smallest absolute Gasteiger partial charge is 0.333 e. The van der Waals surface area contributed by atoms with Gasteiger partial charge in [0.05, 0.1) is 17.6 Å². The Bertz CT molecular complexity index is 801.